The van der Waals surface area contributed by atoms with Crippen molar-refractivity contribution >= 4 is 28.5 Å². The van der Waals surface area contributed by atoms with Crippen molar-refractivity contribution in [3.63, 3.8) is 0 Å². The van der Waals surface area contributed by atoms with E-state index in [1.54, 1.807) is 18.2 Å². The maximum Gasteiger partial charge on any atom is 0.205 e. The monoisotopic (exact) mass is 419 g/mol. The molecule has 0 saturated carbocycles. The van der Waals surface area contributed by atoms with E-state index in [-0.39, 0.29) is 10.5 Å². The SMILES string of the molecule is O=C1/C(=C/c2ccc(F)c(F)c2)S(=O)Nc2ccc(C#CCc3ccccc3)cc21. The summed E-state index contributed by atoms with van der Waals surface area (Å²) in [4.78, 5) is 12.9. The van der Waals surface area contributed by atoms with Gasteiger partial charge in [0.2, 0.25) is 5.78 Å². The molecule has 6 heteroatoms. The van der Waals surface area contributed by atoms with E-state index in [2.05, 4.69) is 16.6 Å². The van der Waals surface area contributed by atoms with Gasteiger partial charge in [-0.25, -0.2) is 13.0 Å². The van der Waals surface area contributed by atoms with E-state index in [0.29, 0.717) is 23.2 Å². The summed E-state index contributed by atoms with van der Waals surface area (Å²) in [7, 11) is -1.81. The van der Waals surface area contributed by atoms with Crippen LogP contribution >= 0.6 is 0 Å². The fraction of sp³-hybridized carbons (Fsp3) is 0.0417. The Bertz CT molecular complexity index is 1260. The lowest BCUT2D eigenvalue weighted by Gasteiger charge is -2.19. The van der Waals surface area contributed by atoms with E-state index >= 15 is 0 Å². The van der Waals surface area contributed by atoms with Crippen LogP contribution in [-0.2, 0) is 17.4 Å². The molecule has 3 nitrogen and oxygen atoms in total. The maximum absolute atomic E-state index is 13.5. The van der Waals surface area contributed by atoms with Gasteiger partial charge < -0.3 is 4.72 Å². The van der Waals surface area contributed by atoms with Crippen LogP contribution in [0, 0.1) is 23.5 Å². The number of hydrogen-bond acceptors (Lipinski definition) is 2. The molecule has 4 rings (SSSR count). The molecule has 0 fully saturated rings. The molecular formula is C24H15F2NO2S. The molecule has 0 aromatic heterocycles. The van der Waals surface area contributed by atoms with Crippen molar-refractivity contribution in [2.75, 3.05) is 4.72 Å². The number of Topliss-reactive ketones (excluding diaryl/α,β-unsaturated/α-hetero) is 1. The number of nitrogens with one attached hydrogen (secondary N) is 1. The number of benzene rings is 3. The molecule has 0 bridgehead atoms. The number of carbonyl (C=O) groups is 1. The molecular weight excluding hydrogens is 404 g/mol. The van der Waals surface area contributed by atoms with Gasteiger partial charge in [-0.15, -0.1) is 0 Å². The summed E-state index contributed by atoms with van der Waals surface area (Å²) in [6, 6.07) is 18.1. The molecule has 1 aliphatic heterocycles. The summed E-state index contributed by atoms with van der Waals surface area (Å²) < 4.78 is 41.8. The van der Waals surface area contributed by atoms with Gasteiger partial charge >= 0.3 is 0 Å². The Morgan fingerprint density at radius 2 is 1.77 bits per heavy atom. The number of ketones is 1. The zero-order valence-electron chi connectivity index (χ0n) is 15.6. The van der Waals surface area contributed by atoms with Crippen LogP contribution in [-0.4, -0.2) is 9.99 Å². The predicted molar refractivity (Wildman–Crippen MR) is 114 cm³/mol. The summed E-state index contributed by atoms with van der Waals surface area (Å²) in [6.45, 7) is 0. The normalized spacial score (nSPS) is 16.4. The zero-order valence-corrected chi connectivity index (χ0v) is 16.4. The van der Waals surface area contributed by atoms with E-state index in [0.717, 1.165) is 17.7 Å². The first-order chi connectivity index (χ1) is 14.5. The molecule has 3 aromatic rings. The summed E-state index contributed by atoms with van der Waals surface area (Å²) >= 11 is 0. The average molecular weight is 419 g/mol. The summed E-state index contributed by atoms with van der Waals surface area (Å²) in [6.07, 6.45) is 1.88. The molecule has 0 saturated heterocycles. The van der Waals surface area contributed by atoms with E-state index in [1.807, 2.05) is 30.3 Å². The van der Waals surface area contributed by atoms with Gasteiger partial charge in [0.15, 0.2) is 22.6 Å². The summed E-state index contributed by atoms with van der Waals surface area (Å²) in [5.74, 6) is 3.64. The van der Waals surface area contributed by atoms with Gasteiger partial charge in [0.1, 0.15) is 4.91 Å². The number of anilines is 1. The van der Waals surface area contributed by atoms with E-state index in [9.17, 15) is 17.8 Å². The van der Waals surface area contributed by atoms with Gasteiger partial charge in [-0.1, -0.05) is 48.2 Å². The molecule has 0 aliphatic carbocycles. The molecule has 1 N–H and O–H groups in total. The highest BCUT2D eigenvalue weighted by Gasteiger charge is 2.27. The highest BCUT2D eigenvalue weighted by molar-refractivity contribution is 7.91. The van der Waals surface area contributed by atoms with Crippen molar-refractivity contribution in [2.45, 2.75) is 6.42 Å². The highest BCUT2D eigenvalue weighted by Crippen LogP contribution is 2.29. The van der Waals surface area contributed by atoms with Crippen LogP contribution in [0.15, 0.2) is 71.6 Å². The van der Waals surface area contributed by atoms with E-state index in [1.165, 1.54) is 12.1 Å². The van der Waals surface area contributed by atoms with Gasteiger partial charge in [-0.2, -0.15) is 0 Å². The van der Waals surface area contributed by atoms with Gasteiger partial charge in [0.25, 0.3) is 0 Å². The molecule has 1 heterocycles. The van der Waals surface area contributed by atoms with Gasteiger partial charge in [0, 0.05) is 17.5 Å². The highest BCUT2D eigenvalue weighted by atomic mass is 32.2. The maximum atomic E-state index is 13.5. The quantitative estimate of drug-likeness (QED) is 0.476. The van der Waals surface area contributed by atoms with Crippen molar-refractivity contribution in [3.8, 4) is 11.8 Å². The van der Waals surface area contributed by atoms with Crippen LogP contribution in [0.25, 0.3) is 6.08 Å². The standard InChI is InChI=1S/C24H15F2NO2S/c25-20-11-9-18(14-21(20)26)15-23-24(28)19-13-17(10-12-22(19)27-30(23)29)8-4-7-16-5-2-1-3-6-16/h1-3,5-6,9-15,27H,7H2/b23-15-. The molecule has 0 spiro atoms. The topological polar surface area (TPSA) is 46.2 Å². The lowest BCUT2D eigenvalue weighted by atomic mass is 10.0. The average Bonchev–Trinajstić information content (AvgIpc) is 2.75. The van der Waals surface area contributed by atoms with Crippen LogP contribution in [0.5, 0.6) is 0 Å². The van der Waals surface area contributed by atoms with Crippen molar-refractivity contribution in [2.24, 2.45) is 0 Å². The van der Waals surface area contributed by atoms with Crippen molar-refractivity contribution < 1.29 is 17.8 Å². The summed E-state index contributed by atoms with van der Waals surface area (Å²) in [5.41, 5.74) is 2.76. The second kappa shape index (κ2) is 8.44. The van der Waals surface area contributed by atoms with Gasteiger partial charge in [-0.05, 0) is 47.5 Å². The molecule has 0 radical (unpaired) electrons. The summed E-state index contributed by atoms with van der Waals surface area (Å²) in [5, 5.41) is 0. The van der Waals surface area contributed by atoms with Gasteiger partial charge in [-0.3, -0.25) is 4.79 Å². The first-order valence-electron chi connectivity index (χ1n) is 9.08. The number of rotatable bonds is 2. The molecule has 1 atom stereocenters. The Morgan fingerprint density at radius 3 is 2.53 bits per heavy atom. The smallest absolute Gasteiger partial charge is 0.205 e. The van der Waals surface area contributed by atoms with Crippen LogP contribution < -0.4 is 4.72 Å². The predicted octanol–water partition coefficient (Wildman–Crippen LogP) is 4.87. The number of carbonyl (C=O) groups excluding carboxylic acids is 1. The van der Waals surface area contributed by atoms with Crippen LogP contribution in [0.4, 0.5) is 14.5 Å². The Labute approximate surface area is 175 Å². The van der Waals surface area contributed by atoms with E-state index in [4.69, 9.17) is 0 Å². The van der Waals surface area contributed by atoms with Gasteiger partial charge in [0.05, 0.1) is 5.69 Å². The Balaban J connectivity index is 1.62. The molecule has 1 aliphatic rings. The lowest BCUT2D eigenvalue weighted by Crippen LogP contribution is -2.22. The first kappa shape index (κ1) is 19.7. The third-order valence-electron chi connectivity index (χ3n) is 4.50. The fourth-order valence-corrected chi connectivity index (χ4v) is 4.00. The second-order valence-corrected chi connectivity index (χ2v) is 7.79. The first-order valence-corrected chi connectivity index (χ1v) is 10.2. The van der Waals surface area contributed by atoms with E-state index < -0.39 is 28.4 Å². The molecule has 3 aromatic carbocycles. The minimum Gasteiger partial charge on any atom is -0.300 e. The minimum atomic E-state index is -1.81. The molecule has 1 unspecified atom stereocenters. The third kappa shape index (κ3) is 4.22. The Morgan fingerprint density at radius 1 is 0.967 bits per heavy atom. The van der Waals surface area contributed by atoms with Crippen LogP contribution in [0.2, 0.25) is 0 Å². The largest absolute Gasteiger partial charge is 0.300 e. The van der Waals surface area contributed by atoms with Crippen molar-refractivity contribution in [1.29, 1.82) is 0 Å². The van der Waals surface area contributed by atoms with Crippen molar-refractivity contribution in [3.05, 3.63) is 106 Å². The molecule has 148 valence electrons. The Kier molecular flexibility index (Phi) is 5.55. The number of hydrogen-bond donors (Lipinski definition) is 1. The zero-order chi connectivity index (χ0) is 21.1. The number of allylic oxidation sites excluding steroid dienone is 1. The molecule has 30 heavy (non-hydrogen) atoms. The van der Waals surface area contributed by atoms with Crippen molar-refractivity contribution in [1.82, 2.24) is 0 Å². The third-order valence-corrected chi connectivity index (χ3v) is 5.61. The number of halogens is 2. The Hall–Kier alpha value is -3.56. The minimum absolute atomic E-state index is 0.0390. The molecule has 0 amide bonds. The fourth-order valence-electron chi connectivity index (χ4n) is 2.99. The number of fused-ring (bicyclic) bond motifs is 1. The second-order valence-electron chi connectivity index (χ2n) is 6.61. The van der Waals surface area contributed by atoms with Crippen LogP contribution in [0.1, 0.15) is 27.0 Å². The van der Waals surface area contributed by atoms with Crippen LogP contribution in [0.3, 0.4) is 0 Å². The lowest BCUT2D eigenvalue weighted by molar-refractivity contribution is 0.104.